The third-order valence-corrected chi connectivity index (χ3v) is 5.38. The molecule has 1 N–H and O–H groups in total. The molecule has 2 heterocycles. The minimum atomic E-state index is -0.716. The van der Waals surface area contributed by atoms with Crippen molar-refractivity contribution in [2.75, 3.05) is 19.5 Å². The maximum absolute atomic E-state index is 13.6. The summed E-state index contributed by atoms with van der Waals surface area (Å²) in [5.74, 6) is 0.0238. The highest BCUT2D eigenvalue weighted by molar-refractivity contribution is 6.30. The van der Waals surface area contributed by atoms with E-state index in [2.05, 4.69) is 10.4 Å². The Morgan fingerprint density at radius 2 is 1.83 bits per heavy atom. The average Bonchev–Trinajstić information content (AvgIpc) is 3.08. The maximum atomic E-state index is 13.6. The highest BCUT2D eigenvalue weighted by Crippen LogP contribution is 2.41. The molecule has 8 heteroatoms. The highest BCUT2D eigenvalue weighted by Gasteiger charge is 2.38. The van der Waals surface area contributed by atoms with E-state index in [9.17, 15) is 9.59 Å². The molecule has 0 bridgehead atoms. The molecular formula is C22H20ClN3O4. The van der Waals surface area contributed by atoms with Gasteiger partial charge in [-0.3, -0.25) is 9.59 Å². The molecule has 0 radical (unpaired) electrons. The van der Waals surface area contributed by atoms with Crippen LogP contribution in [-0.4, -0.2) is 35.7 Å². The number of benzene rings is 2. The van der Waals surface area contributed by atoms with Gasteiger partial charge in [-0.2, -0.15) is 5.10 Å². The van der Waals surface area contributed by atoms with Gasteiger partial charge in [0.05, 0.1) is 31.5 Å². The largest absolute Gasteiger partial charge is 0.496 e. The van der Waals surface area contributed by atoms with E-state index in [-0.39, 0.29) is 18.1 Å². The number of aromatic nitrogens is 2. The number of ketones is 1. The lowest BCUT2D eigenvalue weighted by molar-refractivity contribution is -0.116. The smallest absolute Gasteiger partial charge is 0.226 e. The van der Waals surface area contributed by atoms with Crippen molar-refractivity contribution in [3.8, 4) is 17.2 Å². The van der Waals surface area contributed by atoms with E-state index in [1.165, 1.54) is 14.2 Å². The fourth-order valence-electron chi connectivity index (χ4n) is 3.83. The quantitative estimate of drug-likeness (QED) is 0.620. The summed E-state index contributed by atoms with van der Waals surface area (Å²) in [6.07, 6.45) is 0.00904. The maximum Gasteiger partial charge on any atom is 0.226 e. The number of nitrogens with zero attached hydrogens (tertiary/aromatic N) is 2. The molecule has 0 spiro atoms. The zero-order valence-electron chi connectivity index (χ0n) is 16.7. The van der Waals surface area contributed by atoms with E-state index in [4.69, 9.17) is 21.1 Å². The topological polar surface area (TPSA) is 82.4 Å². The van der Waals surface area contributed by atoms with Crippen LogP contribution in [0.1, 0.15) is 34.0 Å². The molecular weight excluding hydrogens is 406 g/mol. The van der Waals surface area contributed by atoms with Crippen molar-refractivity contribution in [1.82, 2.24) is 9.78 Å². The number of anilines is 1. The zero-order chi connectivity index (χ0) is 21.4. The molecule has 4 rings (SSSR count). The van der Waals surface area contributed by atoms with Crippen LogP contribution in [0.15, 0.2) is 42.5 Å². The van der Waals surface area contributed by atoms with E-state index in [0.717, 1.165) is 0 Å². The number of rotatable bonds is 5. The number of carbonyl (C=O) groups excluding carboxylic acids is 2. The Labute approximate surface area is 178 Å². The Hall–Kier alpha value is -3.32. The van der Waals surface area contributed by atoms with Gasteiger partial charge in [-0.1, -0.05) is 23.7 Å². The summed E-state index contributed by atoms with van der Waals surface area (Å²) in [4.78, 5) is 26.2. The van der Waals surface area contributed by atoms with Gasteiger partial charge in [0.2, 0.25) is 5.91 Å². The van der Waals surface area contributed by atoms with Gasteiger partial charge in [0.1, 0.15) is 22.9 Å². The monoisotopic (exact) mass is 425 g/mol. The Morgan fingerprint density at radius 3 is 2.47 bits per heavy atom. The molecule has 7 nitrogen and oxygen atoms in total. The molecule has 2 aromatic carbocycles. The van der Waals surface area contributed by atoms with E-state index in [1.54, 1.807) is 41.1 Å². The molecule has 0 saturated heterocycles. The van der Waals surface area contributed by atoms with Crippen LogP contribution < -0.4 is 14.8 Å². The van der Waals surface area contributed by atoms with Crippen LogP contribution in [0.25, 0.3) is 5.69 Å². The van der Waals surface area contributed by atoms with E-state index >= 15 is 0 Å². The Kier molecular flexibility index (Phi) is 5.22. The van der Waals surface area contributed by atoms with Crippen molar-refractivity contribution in [3.05, 3.63) is 64.3 Å². The normalized spacial score (nSPS) is 15.3. The van der Waals surface area contributed by atoms with Crippen LogP contribution in [-0.2, 0) is 4.79 Å². The minimum absolute atomic E-state index is 0.00904. The molecule has 1 amide bonds. The van der Waals surface area contributed by atoms with E-state index in [1.807, 2.05) is 13.0 Å². The van der Waals surface area contributed by atoms with Gasteiger partial charge in [0.15, 0.2) is 5.78 Å². The first-order valence-electron chi connectivity index (χ1n) is 9.35. The van der Waals surface area contributed by atoms with Crippen LogP contribution in [0.2, 0.25) is 5.02 Å². The number of hydrogen-bond acceptors (Lipinski definition) is 5. The van der Waals surface area contributed by atoms with Crippen LogP contribution in [0.5, 0.6) is 11.5 Å². The number of methoxy groups -OCH3 is 2. The second-order valence-electron chi connectivity index (χ2n) is 6.95. The van der Waals surface area contributed by atoms with Gasteiger partial charge < -0.3 is 14.8 Å². The van der Waals surface area contributed by atoms with Gasteiger partial charge in [-0.25, -0.2) is 4.68 Å². The van der Waals surface area contributed by atoms with Crippen LogP contribution in [0.4, 0.5) is 5.82 Å². The first-order chi connectivity index (χ1) is 14.4. The van der Waals surface area contributed by atoms with E-state index < -0.39 is 5.92 Å². The van der Waals surface area contributed by atoms with Crippen LogP contribution in [0.3, 0.4) is 0 Å². The summed E-state index contributed by atoms with van der Waals surface area (Å²) in [7, 11) is 2.99. The van der Waals surface area contributed by atoms with E-state index in [0.29, 0.717) is 44.8 Å². The minimum Gasteiger partial charge on any atom is -0.496 e. The molecule has 154 valence electrons. The van der Waals surface area contributed by atoms with Crippen molar-refractivity contribution in [1.29, 1.82) is 0 Å². The summed E-state index contributed by atoms with van der Waals surface area (Å²) in [5, 5.41) is 7.99. The molecule has 30 heavy (non-hydrogen) atoms. The molecule has 0 saturated carbocycles. The summed E-state index contributed by atoms with van der Waals surface area (Å²) in [5.41, 5.74) is 2.32. The first kappa shape index (κ1) is 20.0. The van der Waals surface area contributed by atoms with Gasteiger partial charge in [0, 0.05) is 17.0 Å². The molecule has 1 aliphatic rings. The predicted octanol–water partition coefficient (Wildman–Crippen LogP) is 4.16. The first-order valence-corrected chi connectivity index (χ1v) is 9.73. The number of hydrogen-bond donors (Lipinski definition) is 1. The number of Topliss-reactive ketones (excluding diaryl/α,β-unsaturated/α-hetero) is 1. The molecule has 0 fully saturated rings. The summed E-state index contributed by atoms with van der Waals surface area (Å²) in [6.45, 7) is 1.82. The molecule has 0 unspecified atom stereocenters. The van der Waals surface area contributed by atoms with Crippen molar-refractivity contribution >= 4 is 29.1 Å². The second kappa shape index (κ2) is 7.84. The van der Waals surface area contributed by atoms with Crippen LogP contribution >= 0.6 is 11.6 Å². The number of ether oxygens (including phenoxy) is 2. The fraction of sp³-hybridized carbons (Fsp3) is 0.227. The van der Waals surface area contributed by atoms with Gasteiger partial charge in [-0.05, 0) is 37.3 Å². The molecule has 1 atom stereocenters. The molecule has 1 aliphatic heterocycles. The zero-order valence-corrected chi connectivity index (χ0v) is 17.5. The number of halogens is 1. The number of carbonyl (C=O) groups is 2. The lowest BCUT2D eigenvalue weighted by Crippen LogP contribution is -2.29. The number of aryl methyl sites for hydroxylation is 1. The highest BCUT2D eigenvalue weighted by atomic mass is 35.5. The molecule has 3 aromatic rings. The standard InChI is InChI=1S/C22H20ClN3O4/c1-12-19-15(21(28)20-16(29-2)8-5-9-17(20)30-3)11-18(27)24-22(19)26(25-12)14-7-4-6-13(23)10-14/h4-10,15H,11H2,1-3H3,(H,24,27)/t15-/m1/s1. The second-order valence-corrected chi connectivity index (χ2v) is 7.38. The fourth-order valence-corrected chi connectivity index (χ4v) is 4.02. The van der Waals surface area contributed by atoms with Crippen molar-refractivity contribution in [2.45, 2.75) is 19.3 Å². The Morgan fingerprint density at radius 1 is 1.17 bits per heavy atom. The lowest BCUT2D eigenvalue weighted by Gasteiger charge is -2.24. The van der Waals surface area contributed by atoms with Crippen molar-refractivity contribution in [3.63, 3.8) is 0 Å². The van der Waals surface area contributed by atoms with Crippen molar-refractivity contribution < 1.29 is 19.1 Å². The lowest BCUT2D eigenvalue weighted by atomic mass is 9.85. The third kappa shape index (κ3) is 3.31. The average molecular weight is 426 g/mol. The van der Waals surface area contributed by atoms with Crippen molar-refractivity contribution in [2.24, 2.45) is 0 Å². The summed E-state index contributed by atoms with van der Waals surface area (Å²) < 4.78 is 12.4. The van der Waals surface area contributed by atoms with Gasteiger partial charge in [-0.15, -0.1) is 0 Å². The number of nitrogens with one attached hydrogen (secondary N) is 1. The SMILES string of the molecule is COc1cccc(OC)c1C(=O)[C@@H]1CC(=O)Nc2c1c(C)nn2-c1cccc(Cl)c1. The Bertz CT molecular complexity index is 1130. The van der Waals surface area contributed by atoms with Gasteiger partial charge >= 0.3 is 0 Å². The summed E-state index contributed by atoms with van der Waals surface area (Å²) >= 11 is 6.13. The summed E-state index contributed by atoms with van der Waals surface area (Å²) in [6, 6.07) is 12.3. The Balaban J connectivity index is 1.86. The predicted molar refractivity (Wildman–Crippen MR) is 113 cm³/mol. The number of fused-ring (bicyclic) bond motifs is 1. The molecule has 0 aliphatic carbocycles. The third-order valence-electron chi connectivity index (χ3n) is 5.15. The van der Waals surface area contributed by atoms with Gasteiger partial charge in [0.25, 0.3) is 0 Å². The number of amides is 1. The van der Waals surface area contributed by atoms with Crippen LogP contribution in [0, 0.1) is 6.92 Å². The molecule has 1 aromatic heterocycles.